The van der Waals surface area contributed by atoms with Crippen LogP contribution in [0.2, 0.25) is 5.02 Å². The summed E-state index contributed by atoms with van der Waals surface area (Å²) in [6.07, 6.45) is 1.17. The van der Waals surface area contributed by atoms with Crippen molar-refractivity contribution in [2.45, 2.75) is 58.2 Å². The molecule has 0 aliphatic heterocycles. The van der Waals surface area contributed by atoms with E-state index in [0.717, 1.165) is 19.5 Å². The second-order valence-electron chi connectivity index (χ2n) is 11.7. The van der Waals surface area contributed by atoms with E-state index in [1.54, 1.807) is 14.1 Å². The standard InChI is InChI=1S/C29H38ClN3O7/c1-6-33(8-7-13(2)3)12-15-11-18(34)20-16(22(15)30)9-14-10-17-23(32(4)5)25(36)21(28(31)39)27(38)29(17,40)26(37)19(14)24(20)35/h11,13-14,17,23,34-35,38,40H,6-10,12H2,1-5H3,(H2,31,39)/t14-,17-,23-,29-/m0/s1. The number of carbonyl (C=O) groups excluding carboxylic acids is 3. The van der Waals surface area contributed by atoms with Gasteiger partial charge in [0.2, 0.25) is 5.78 Å². The summed E-state index contributed by atoms with van der Waals surface area (Å²) < 4.78 is 0. The molecule has 3 aliphatic rings. The third kappa shape index (κ3) is 4.60. The van der Waals surface area contributed by atoms with Crippen LogP contribution in [0.15, 0.2) is 23.0 Å². The fourth-order valence-corrected chi connectivity index (χ4v) is 6.78. The first-order valence-corrected chi connectivity index (χ1v) is 13.9. The number of primary amides is 1. The molecule has 1 saturated carbocycles. The van der Waals surface area contributed by atoms with Crippen LogP contribution in [0, 0.1) is 17.8 Å². The second kappa shape index (κ2) is 10.8. The lowest BCUT2D eigenvalue weighted by atomic mass is 9.57. The molecule has 10 nitrogen and oxygen atoms in total. The van der Waals surface area contributed by atoms with Gasteiger partial charge in [0, 0.05) is 23.1 Å². The van der Waals surface area contributed by atoms with E-state index in [-0.39, 0.29) is 29.7 Å². The van der Waals surface area contributed by atoms with Crippen LogP contribution in [0.4, 0.5) is 0 Å². The van der Waals surface area contributed by atoms with E-state index >= 15 is 0 Å². The third-order valence-electron chi connectivity index (χ3n) is 8.59. The van der Waals surface area contributed by atoms with Gasteiger partial charge in [-0.15, -0.1) is 0 Å². The lowest BCUT2D eigenvalue weighted by molar-refractivity contribution is -0.153. The molecule has 1 fully saturated rings. The molecule has 0 aromatic heterocycles. The lowest BCUT2D eigenvalue weighted by Gasteiger charge is -2.50. The fraction of sp³-hybridized carbons (Fsp3) is 0.552. The van der Waals surface area contributed by atoms with Crippen molar-refractivity contribution in [3.8, 4) is 5.75 Å². The Labute approximate surface area is 238 Å². The zero-order valence-corrected chi connectivity index (χ0v) is 24.2. The summed E-state index contributed by atoms with van der Waals surface area (Å²) in [4.78, 5) is 42.9. The number of aliphatic hydroxyl groups excluding tert-OH is 2. The summed E-state index contributed by atoms with van der Waals surface area (Å²) in [5.41, 5.74) is 2.81. The monoisotopic (exact) mass is 575 g/mol. The number of nitrogens with zero attached hydrogens (tertiary/aromatic N) is 2. The van der Waals surface area contributed by atoms with Crippen molar-refractivity contribution in [2.75, 3.05) is 27.2 Å². The Morgan fingerprint density at radius 3 is 2.42 bits per heavy atom. The molecule has 1 aromatic rings. The van der Waals surface area contributed by atoms with E-state index in [0.29, 0.717) is 28.6 Å². The molecule has 4 rings (SSSR count). The number of fused-ring (bicyclic) bond motifs is 3. The first kappa shape index (κ1) is 30.0. The smallest absolute Gasteiger partial charge is 0.255 e. The summed E-state index contributed by atoms with van der Waals surface area (Å²) in [7, 11) is 3.13. The van der Waals surface area contributed by atoms with Crippen molar-refractivity contribution in [3.63, 3.8) is 0 Å². The van der Waals surface area contributed by atoms with Crippen molar-refractivity contribution in [1.29, 1.82) is 0 Å². The van der Waals surface area contributed by atoms with Crippen molar-refractivity contribution in [2.24, 2.45) is 23.5 Å². The zero-order valence-electron chi connectivity index (χ0n) is 23.5. The Morgan fingerprint density at radius 2 is 1.88 bits per heavy atom. The predicted octanol–water partition coefficient (Wildman–Crippen LogP) is 2.49. The van der Waals surface area contributed by atoms with Crippen LogP contribution in [0.3, 0.4) is 0 Å². The van der Waals surface area contributed by atoms with Crippen molar-refractivity contribution >= 4 is 34.8 Å². The molecule has 40 heavy (non-hydrogen) atoms. The maximum atomic E-state index is 13.9. The number of nitrogens with two attached hydrogens (primary N) is 1. The number of hydrogen-bond acceptors (Lipinski definition) is 9. The van der Waals surface area contributed by atoms with Gasteiger partial charge in [0.05, 0.1) is 11.6 Å². The molecule has 0 spiro atoms. The summed E-state index contributed by atoms with van der Waals surface area (Å²) in [6, 6.07) is 0.345. The molecular weight excluding hydrogens is 538 g/mol. The normalized spacial score (nSPS) is 26.5. The number of aliphatic hydroxyl groups is 3. The third-order valence-corrected chi connectivity index (χ3v) is 9.06. The van der Waals surface area contributed by atoms with Crippen LogP contribution in [0.5, 0.6) is 5.75 Å². The molecule has 0 radical (unpaired) electrons. The molecule has 11 heteroatoms. The van der Waals surface area contributed by atoms with Gasteiger partial charge in [-0.25, -0.2) is 0 Å². The average molecular weight is 576 g/mol. The van der Waals surface area contributed by atoms with E-state index in [1.165, 1.54) is 11.0 Å². The number of hydrogen-bond donors (Lipinski definition) is 5. The van der Waals surface area contributed by atoms with E-state index in [4.69, 9.17) is 17.3 Å². The van der Waals surface area contributed by atoms with Gasteiger partial charge >= 0.3 is 0 Å². The highest BCUT2D eigenvalue weighted by Gasteiger charge is 2.64. The van der Waals surface area contributed by atoms with Crippen LogP contribution >= 0.6 is 11.6 Å². The first-order valence-electron chi connectivity index (χ1n) is 13.6. The molecule has 0 bridgehead atoms. The van der Waals surface area contributed by atoms with Crippen LogP contribution < -0.4 is 5.73 Å². The lowest BCUT2D eigenvalue weighted by Crippen LogP contribution is -2.65. The number of halogens is 1. The molecule has 0 unspecified atom stereocenters. The largest absolute Gasteiger partial charge is 0.508 e. The molecule has 1 amide bonds. The number of amides is 1. The topological polar surface area (TPSA) is 165 Å². The van der Waals surface area contributed by atoms with Gasteiger partial charge in [-0.3, -0.25) is 24.2 Å². The maximum Gasteiger partial charge on any atom is 0.255 e. The minimum absolute atomic E-state index is 0.00438. The molecule has 218 valence electrons. The number of phenolic OH excluding ortho intramolecular Hbond substituents is 1. The van der Waals surface area contributed by atoms with Gasteiger partial charge in [-0.2, -0.15) is 0 Å². The minimum Gasteiger partial charge on any atom is -0.508 e. The average Bonchev–Trinajstić information content (AvgIpc) is 2.86. The number of benzene rings is 1. The first-order chi connectivity index (χ1) is 18.7. The van der Waals surface area contributed by atoms with E-state index in [9.17, 15) is 34.8 Å². The van der Waals surface area contributed by atoms with Crippen LogP contribution in [-0.2, 0) is 27.3 Å². The molecular formula is C29H38ClN3O7. The van der Waals surface area contributed by atoms with Crippen LogP contribution in [0.1, 0.15) is 50.3 Å². The number of carbonyl (C=O) groups is 3. The quantitative estimate of drug-likeness (QED) is 0.293. The highest BCUT2D eigenvalue weighted by atomic mass is 35.5. The summed E-state index contributed by atoms with van der Waals surface area (Å²) in [5.74, 6) is -6.29. The summed E-state index contributed by atoms with van der Waals surface area (Å²) in [5, 5.41) is 45.3. The molecule has 0 heterocycles. The number of likely N-dealkylation sites (N-methyl/N-ethyl adjacent to an activating group) is 1. The number of rotatable bonds is 8. The predicted molar refractivity (Wildman–Crippen MR) is 150 cm³/mol. The Bertz CT molecular complexity index is 1340. The number of Topliss-reactive ketones (excluding diaryl/α,β-unsaturated/α-hetero) is 2. The summed E-state index contributed by atoms with van der Waals surface area (Å²) >= 11 is 6.87. The van der Waals surface area contributed by atoms with Gasteiger partial charge in [-0.1, -0.05) is 32.4 Å². The summed E-state index contributed by atoms with van der Waals surface area (Å²) in [6.45, 7) is 8.45. The van der Waals surface area contributed by atoms with Crippen LogP contribution in [-0.4, -0.2) is 86.5 Å². The zero-order chi connectivity index (χ0) is 29.8. The molecule has 1 aromatic carbocycles. The number of ketones is 2. The molecule has 4 atom stereocenters. The maximum absolute atomic E-state index is 13.9. The highest BCUT2D eigenvalue weighted by molar-refractivity contribution is 6.32. The Kier molecular flexibility index (Phi) is 8.12. The van der Waals surface area contributed by atoms with Crippen molar-refractivity contribution in [1.82, 2.24) is 9.80 Å². The molecule has 6 N–H and O–H groups in total. The fourth-order valence-electron chi connectivity index (χ4n) is 6.49. The number of phenols is 1. The van der Waals surface area contributed by atoms with E-state index in [1.807, 2.05) is 6.92 Å². The molecule has 0 saturated heterocycles. The SMILES string of the molecule is CCN(CCC(C)C)Cc1cc(O)c2c(c1Cl)C[C@H]1C[C@H]3[C@H](N(C)C)C(=O)C(C(N)=O)=C(O)[C@@]3(O)C(=O)C1=C2O. The van der Waals surface area contributed by atoms with Gasteiger partial charge in [0.25, 0.3) is 5.91 Å². The number of aromatic hydroxyl groups is 1. The van der Waals surface area contributed by atoms with Crippen molar-refractivity contribution in [3.05, 3.63) is 44.7 Å². The van der Waals surface area contributed by atoms with Gasteiger partial charge in [0.15, 0.2) is 11.4 Å². The van der Waals surface area contributed by atoms with Gasteiger partial charge in [0.1, 0.15) is 22.8 Å². The van der Waals surface area contributed by atoms with Crippen molar-refractivity contribution < 1.29 is 34.8 Å². The molecule has 3 aliphatic carbocycles. The van der Waals surface area contributed by atoms with Gasteiger partial charge < -0.3 is 26.2 Å². The second-order valence-corrected chi connectivity index (χ2v) is 12.1. The Hall–Kier alpha value is -2.92. The highest BCUT2D eigenvalue weighted by Crippen LogP contribution is 2.53. The Morgan fingerprint density at radius 1 is 1.23 bits per heavy atom. The Balaban J connectivity index is 1.84. The van der Waals surface area contributed by atoms with E-state index in [2.05, 4.69) is 18.7 Å². The minimum atomic E-state index is -2.66. The van der Waals surface area contributed by atoms with E-state index < -0.39 is 58.0 Å². The van der Waals surface area contributed by atoms with Gasteiger partial charge in [-0.05, 0) is 75.5 Å². The van der Waals surface area contributed by atoms with Crippen LogP contribution in [0.25, 0.3) is 5.76 Å².